The first-order valence-corrected chi connectivity index (χ1v) is 6.25. The van der Waals surface area contributed by atoms with Crippen LogP contribution in [0.5, 0.6) is 11.5 Å². The second-order valence-electron chi connectivity index (χ2n) is 3.88. The van der Waals surface area contributed by atoms with Crippen molar-refractivity contribution in [1.82, 2.24) is 20.5 Å². The molecule has 0 aliphatic heterocycles. The number of nitrogens with zero attached hydrogens (tertiary/aromatic N) is 2. The lowest BCUT2D eigenvalue weighted by Gasteiger charge is -2.11. The van der Waals surface area contributed by atoms with E-state index in [2.05, 4.69) is 20.5 Å². The average molecular weight is 276 g/mol. The number of hydrogen-bond acceptors (Lipinski definition) is 5. The second-order valence-corrected chi connectivity index (χ2v) is 3.88. The summed E-state index contributed by atoms with van der Waals surface area (Å²) < 4.78 is 10.8. The number of nitrogens with one attached hydrogen (secondary N) is 2. The molecule has 1 amide bonds. The highest BCUT2D eigenvalue weighted by atomic mass is 16.5. The second kappa shape index (κ2) is 7.13. The normalized spacial score (nSPS) is 10.1. The van der Waals surface area contributed by atoms with Gasteiger partial charge in [0.05, 0.1) is 13.2 Å². The third-order valence-electron chi connectivity index (χ3n) is 2.43. The summed E-state index contributed by atoms with van der Waals surface area (Å²) in [6, 6.07) is 7.23. The van der Waals surface area contributed by atoms with Crippen molar-refractivity contribution in [3.05, 3.63) is 36.4 Å². The first kappa shape index (κ1) is 13.9. The molecule has 20 heavy (non-hydrogen) atoms. The molecule has 106 valence electrons. The predicted octanol–water partition coefficient (Wildman–Crippen LogP) is 0.899. The minimum Gasteiger partial charge on any atom is -0.490 e. The molecule has 1 aromatic heterocycles. The van der Waals surface area contributed by atoms with Crippen molar-refractivity contribution in [3.8, 4) is 11.5 Å². The van der Waals surface area contributed by atoms with E-state index in [1.165, 1.54) is 6.33 Å². The van der Waals surface area contributed by atoms with Gasteiger partial charge in [0, 0.05) is 0 Å². The molecule has 1 aromatic carbocycles. The summed E-state index contributed by atoms with van der Waals surface area (Å²) >= 11 is 0. The van der Waals surface area contributed by atoms with Crippen LogP contribution >= 0.6 is 0 Å². The van der Waals surface area contributed by atoms with Crippen LogP contribution in [0.2, 0.25) is 0 Å². The number of benzene rings is 1. The van der Waals surface area contributed by atoms with Crippen LogP contribution in [0.4, 0.5) is 0 Å². The van der Waals surface area contributed by atoms with Crippen molar-refractivity contribution in [2.75, 3.05) is 13.2 Å². The Balaban J connectivity index is 1.81. The van der Waals surface area contributed by atoms with Gasteiger partial charge in [-0.2, -0.15) is 5.10 Å². The molecular formula is C13H16N4O3. The van der Waals surface area contributed by atoms with Crippen LogP contribution in [0.3, 0.4) is 0 Å². The Labute approximate surface area is 116 Å². The number of ether oxygens (including phenoxy) is 2. The van der Waals surface area contributed by atoms with Crippen molar-refractivity contribution >= 4 is 5.91 Å². The number of carbonyl (C=O) groups is 1. The Morgan fingerprint density at radius 1 is 1.30 bits per heavy atom. The lowest BCUT2D eigenvalue weighted by atomic mass is 10.3. The molecule has 0 spiro atoms. The summed E-state index contributed by atoms with van der Waals surface area (Å²) in [4.78, 5) is 15.5. The highest BCUT2D eigenvalue weighted by Crippen LogP contribution is 2.26. The largest absolute Gasteiger partial charge is 0.490 e. The van der Waals surface area contributed by atoms with E-state index in [0.29, 0.717) is 23.9 Å². The summed E-state index contributed by atoms with van der Waals surface area (Å²) in [6.07, 6.45) is 1.39. The highest BCUT2D eigenvalue weighted by molar-refractivity contribution is 5.77. The molecule has 2 rings (SSSR count). The molecule has 0 bridgehead atoms. The van der Waals surface area contributed by atoms with Crippen LogP contribution < -0.4 is 14.8 Å². The fourth-order valence-electron chi connectivity index (χ4n) is 1.54. The Morgan fingerprint density at radius 3 is 2.70 bits per heavy atom. The number of aromatic nitrogens is 3. The van der Waals surface area contributed by atoms with Crippen LogP contribution in [-0.2, 0) is 11.3 Å². The van der Waals surface area contributed by atoms with E-state index in [4.69, 9.17) is 9.47 Å². The maximum atomic E-state index is 11.6. The van der Waals surface area contributed by atoms with Gasteiger partial charge in [0.25, 0.3) is 5.91 Å². The number of amides is 1. The minimum absolute atomic E-state index is 0.0851. The van der Waals surface area contributed by atoms with Crippen LogP contribution in [0.15, 0.2) is 30.6 Å². The number of hydrogen-bond donors (Lipinski definition) is 2. The molecule has 0 aliphatic carbocycles. The molecule has 0 saturated carbocycles. The van der Waals surface area contributed by atoms with E-state index in [-0.39, 0.29) is 19.1 Å². The minimum atomic E-state index is -0.243. The van der Waals surface area contributed by atoms with E-state index in [0.717, 1.165) is 0 Å². The maximum Gasteiger partial charge on any atom is 0.258 e. The predicted molar refractivity (Wildman–Crippen MR) is 71.3 cm³/mol. The van der Waals surface area contributed by atoms with Gasteiger partial charge in [0.2, 0.25) is 0 Å². The molecule has 2 N–H and O–H groups in total. The number of carbonyl (C=O) groups excluding carboxylic acids is 1. The molecule has 7 heteroatoms. The summed E-state index contributed by atoms with van der Waals surface area (Å²) in [6.45, 7) is 2.63. The number of rotatable bonds is 7. The van der Waals surface area contributed by atoms with Gasteiger partial charge in [-0.1, -0.05) is 12.1 Å². The first-order chi connectivity index (χ1) is 9.79. The fourth-order valence-corrected chi connectivity index (χ4v) is 1.54. The molecule has 0 aliphatic rings. The third-order valence-corrected chi connectivity index (χ3v) is 2.43. The maximum absolute atomic E-state index is 11.6. The van der Waals surface area contributed by atoms with Crippen molar-refractivity contribution in [3.63, 3.8) is 0 Å². The fraction of sp³-hybridized carbons (Fsp3) is 0.308. The standard InChI is InChI=1S/C13H16N4O3/c1-2-19-10-5-3-4-6-11(10)20-8-13(18)14-7-12-15-9-16-17-12/h3-6,9H,2,7-8H2,1H3,(H,14,18)(H,15,16,17). The number of para-hydroxylation sites is 2. The van der Waals surface area contributed by atoms with E-state index < -0.39 is 0 Å². The van der Waals surface area contributed by atoms with E-state index >= 15 is 0 Å². The lowest BCUT2D eigenvalue weighted by molar-refractivity contribution is -0.123. The molecule has 7 nitrogen and oxygen atoms in total. The summed E-state index contributed by atoms with van der Waals surface area (Å²) in [5, 5.41) is 9.01. The summed E-state index contributed by atoms with van der Waals surface area (Å²) in [5.41, 5.74) is 0. The SMILES string of the molecule is CCOc1ccccc1OCC(=O)NCc1ncn[nH]1. The topological polar surface area (TPSA) is 89.1 Å². The summed E-state index contributed by atoms with van der Waals surface area (Å²) in [5.74, 6) is 1.52. The van der Waals surface area contributed by atoms with Gasteiger partial charge in [-0.15, -0.1) is 0 Å². The van der Waals surface area contributed by atoms with E-state index in [1.807, 2.05) is 19.1 Å². The zero-order valence-electron chi connectivity index (χ0n) is 11.1. The van der Waals surface area contributed by atoms with Crippen LogP contribution in [0, 0.1) is 0 Å². The molecule has 0 atom stereocenters. The molecule has 0 unspecified atom stereocenters. The average Bonchev–Trinajstić information content (AvgIpc) is 2.98. The summed E-state index contributed by atoms with van der Waals surface area (Å²) in [7, 11) is 0. The van der Waals surface area contributed by atoms with Gasteiger partial charge in [0.15, 0.2) is 18.1 Å². The lowest BCUT2D eigenvalue weighted by Crippen LogP contribution is -2.28. The van der Waals surface area contributed by atoms with E-state index in [1.54, 1.807) is 12.1 Å². The first-order valence-electron chi connectivity index (χ1n) is 6.25. The van der Waals surface area contributed by atoms with Gasteiger partial charge >= 0.3 is 0 Å². The van der Waals surface area contributed by atoms with Crippen molar-refractivity contribution in [2.45, 2.75) is 13.5 Å². The smallest absolute Gasteiger partial charge is 0.258 e. The monoisotopic (exact) mass is 276 g/mol. The molecule has 0 saturated heterocycles. The zero-order chi connectivity index (χ0) is 14.2. The van der Waals surface area contributed by atoms with Crippen molar-refractivity contribution < 1.29 is 14.3 Å². The third kappa shape index (κ3) is 3.98. The van der Waals surface area contributed by atoms with Crippen LogP contribution in [0.25, 0.3) is 0 Å². The van der Waals surface area contributed by atoms with Gasteiger partial charge < -0.3 is 14.8 Å². The molecular weight excluding hydrogens is 260 g/mol. The van der Waals surface area contributed by atoms with Gasteiger partial charge in [-0.25, -0.2) is 4.98 Å². The Kier molecular flexibility index (Phi) is 4.94. The Morgan fingerprint density at radius 2 is 2.05 bits per heavy atom. The molecule has 0 fully saturated rings. The van der Waals surface area contributed by atoms with Gasteiger partial charge in [-0.05, 0) is 19.1 Å². The van der Waals surface area contributed by atoms with Crippen LogP contribution in [0.1, 0.15) is 12.7 Å². The molecule has 1 heterocycles. The molecule has 2 aromatic rings. The zero-order valence-corrected chi connectivity index (χ0v) is 11.1. The Hall–Kier alpha value is -2.57. The van der Waals surface area contributed by atoms with Gasteiger partial charge in [-0.3, -0.25) is 9.89 Å². The quantitative estimate of drug-likeness (QED) is 0.784. The van der Waals surface area contributed by atoms with Crippen molar-refractivity contribution in [1.29, 1.82) is 0 Å². The van der Waals surface area contributed by atoms with Crippen LogP contribution in [-0.4, -0.2) is 34.3 Å². The Bertz CT molecular complexity index is 542. The molecule has 0 radical (unpaired) electrons. The number of aromatic amines is 1. The number of H-pyrrole nitrogens is 1. The van der Waals surface area contributed by atoms with Crippen molar-refractivity contribution in [2.24, 2.45) is 0 Å². The highest BCUT2D eigenvalue weighted by Gasteiger charge is 2.07. The van der Waals surface area contributed by atoms with E-state index in [9.17, 15) is 4.79 Å². The van der Waals surface area contributed by atoms with Gasteiger partial charge in [0.1, 0.15) is 12.2 Å².